The summed E-state index contributed by atoms with van der Waals surface area (Å²) in [7, 11) is -3.01. The zero-order chi connectivity index (χ0) is 13.9. The lowest BCUT2D eigenvalue weighted by atomic mass is 9.91. The number of sulfonamides is 1. The fourth-order valence-electron chi connectivity index (χ4n) is 3.37. The van der Waals surface area contributed by atoms with Gasteiger partial charge in [0.05, 0.1) is 5.75 Å². The van der Waals surface area contributed by atoms with E-state index < -0.39 is 10.0 Å². The number of hydrogen-bond acceptors (Lipinski definition) is 2. The van der Waals surface area contributed by atoms with Gasteiger partial charge in [-0.2, -0.15) is 0 Å². The number of nitrogens with zero attached hydrogens (tertiary/aromatic N) is 1. The molecule has 5 heteroatoms. The summed E-state index contributed by atoms with van der Waals surface area (Å²) in [6.07, 6.45) is 7.91. The summed E-state index contributed by atoms with van der Waals surface area (Å²) in [5.41, 5.74) is 0. The molecule has 0 N–H and O–H groups in total. The molecule has 19 heavy (non-hydrogen) atoms. The van der Waals surface area contributed by atoms with Crippen molar-refractivity contribution in [3.05, 3.63) is 0 Å². The maximum Gasteiger partial charge on any atom is 0.214 e. The maximum absolute atomic E-state index is 12.4. The highest BCUT2D eigenvalue weighted by molar-refractivity contribution is 9.09. The van der Waals surface area contributed by atoms with Crippen molar-refractivity contribution < 1.29 is 8.42 Å². The predicted molar refractivity (Wildman–Crippen MR) is 83.0 cm³/mol. The summed E-state index contributed by atoms with van der Waals surface area (Å²) in [6, 6.07) is 0. The zero-order valence-electron chi connectivity index (χ0n) is 11.9. The smallest absolute Gasteiger partial charge is 0.212 e. The van der Waals surface area contributed by atoms with Gasteiger partial charge in [0.15, 0.2) is 0 Å². The Kier molecular flexibility index (Phi) is 5.73. The van der Waals surface area contributed by atoms with Gasteiger partial charge in [-0.25, -0.2) is 12.7 Å². The molecule has 0 aromatic heterocycles. The van der Waals surface area contributed by atoms with Crippen molar-refractivity contribution in [3.63, 3.8) is 0 Å². The van der Waals surface area contributed by atoms with Crippen molar-refractivity contribution in [1.29, 1.82) is 0 Å². The minimum atomic E-state index is -3.01. The largest absolute Gasteiger partial charge is 0.214 e. The fraction of sp³-hybridized carbons (Fsp3) is 1.00. The number of alkyl halides is 1. The second-order valence-electron chi connectivity index (χ2n) is 6.20. The van der Waals surface area contributed by atoms with Gasteiger partial charge in [-0.05, 0) is 37.5 Å². The van der Waals surface area contributed by atoms with E-state index in [9.17, 15) is 8.42 Å². The highest BCUT2D eigenvalue weighted by atomic mass is 79.9. The van der Waals surface area contributed by atoms with Gasteiger partial charge in [0, 0.05) is 17.9 Å². The number of piperidine rings is 1. The Morgan fingerprint density at radius 2 is 1.68 bits per heavy atom. The van der Waals surface area contributed by atoms with Crippen molar-refractivity contribution >= 4 is 26.0 Å². The number of halogens is 1. The molecule has 1 heterocycles. The van der Waals surface area contributed by atoms with Crippen LogP contribution >= 0.6 is 15.9 Å². The van der Waals surface area contributed by atoms with Gasteiger partial charge in [-0.1, -0.05) is 42.1 Å². The second kappa shape index (κ2) is 6.90. The van der Waals surface area contributed by atoms with Crippen LogP contribution in [0.1, 0.15) is 51.9 Å². The Balaban J connectivity index is 1.86. The monoisotopic (exact) mass is 351 g/mol. The van der Waals surface area contributed by atoms with E-state index in [1.54, 1.807) is 4.31 Å². The minimum Gasteiger partial charge on any atom is -0.212 e. The van der Waals surface area contributed by atoms with Crippen LogP contribution in [-0.4, -0.2) is 36.4 Å². The van der Waals surface area contributed by atoms with Gasteiger partial charge in [-0.3, -0.25) is 0 Å². The summed E-state index contributed by atoms with van der Waals surface area (Å²) in [6.45, 7) is 3.60. The van der Waals surface area contributed by atoms with Crippen LogP contribution < -0.4 is 0 Å². The van der Waals surface area contributed by atoms with Gasteiger partial charge < -0.3 is 0 Å². The summed E-state index contributed by atoms with van der Waals surface area (Å²) in [5, 5.41) is 0. The van der Waals surface area contributed by atoms with Crippen LogP contribution in [0.4, 0.5) is 0 Å². The summed E-state index contributed by atoms with van der Waals surface area (Å²) < 4.78 is 26.6. The van der Waals surface area contributed by atoms with Gasteiger partial charge in [0.2, 0.25) is 10.0 Å². The lowest BCUT2D eigenvalue weighted by molar-refractivity contribution is 0.271. The molecule has 0 amide bonds. The standard InChI is InChI=1S/C14H26BrNO2S/c1-12(15)14-7-9-16(10-8-14)19(17,18)11-13-5-3-2-4-6-13/h12-14H,2-11H2,1H3. The quantitative estimate of drug-likeness (QED) is 0.728. The molecule has 0 aromatic rings. The first-order valence-corrected chi connectivity index (χ1v) is 10.1. The second-order valence-corrected chi connectivity index (χ2v) is 9.65. The molecular weight excluding hydrogens is 326 g/mol. The summed E-state index contributed by atoms with van der Waals surface area (Å²) >= 11 is 3.62. The van der Waals surface area contributed by atoms with Gasteiger partial charge in [-0.15, -0.1) is 0 Å². The third-order valence-electron chi connectivity index (χ3n) is 4.71. The van der Waals surface area contributed by atoms with E-state index in [2.05, 4.69) is 22.9 Å². The van der Waals surface area contributed by atoms with Crippen LogP contribution in [0.25, 0.3) is 0 Å². The van der Waals surface area contributed by atoms with Crippen LogP contribution in [0.15, 0.2) is 0 Å². The molecule has 1 aliphatic carbocycles. The van der Waals surface area contributed by atoms with E-state index in [1.165, 1.54) is 19.3 Å². The molecule has 1 saturated carbocycles. The van der Waals surface area contributed by atoms with Crippen LogP contribution in [0.3, 0.4) is 0 Å². The Bertz CT molecular complexity index is 369. The van der Waals surface area contributed by atoms with E-state index in [0.29, 0.717) is 22.4 Å². The van der Waals surface area contributed by atoms with Crippen molar-refractivity contribution in [2.75, 3.05) is 18.8 Å². The highest BCUT2D eigenvalue weighted by Crippen LogP contribution is 2.29. The maximum atomic E-state index is 12.4. The molecule has 1 aliphatic heterocycles. The van der Waals surface area contributed by atoms with Gasteiger partial charge in [0.25, 0.3) is 0 Å². The molecule has 1 saturated heterocycles. The van der Waals surface area contributed by atoms with Crippen molar-refractivity contribution in [2.24, 2.45) is 11.8 Å². The van der Waals surface area contributed by atoms with Crippen molar-refractivity contribution in [1.82, 2.24) is 4.31 Å². The third kappa shape index (κ3) is 4.43. The van der Waals surface area contributed by atoms with Gasteiger partial charge in [0.1, 0.15) is 0 Å². The molecule has 0 spiro atoms. The average Bonchev–Trinajstić information content (AvgIpc) is 2.39. The van der Waals surface area contributed by atoms with Gasteiger partial charge >= 0.3 is 0 Å². The van der Waals surface area contributed by atoms with E-state index in [0.717, 1.165) is 38.8 Å². The lowest BCUT2D eigenvalue weighted by Gasteiger charge is -2.33. The number of hydrogen-bond donors (Lipinski definition) is 0. The Morgan fingerprint density at radius 3 is 2.21 bits per heavy atom. The lowest BCUT2D eigenvalue weighted by Crippen LogP contribution is -2.42. The van der Waals surface area contributed by atoms with Crippen LogP contribution in [0.5, 0.6) is 0 Å². The molecule has 3 nitrogen and oxygen atoms in total. The zero-order valence-corrected chi connectivity index (χ0v) is 14.3. The van der Waals surface area contributed by atoms with E-state index >= 15 is 0 Å². The van der Waals surface area contributed by atoms with E-state index in [-0.39, 0.29) is 0 Å². The van der Waals surface area contributed by atoms with Crippen LogP contribution in [0, 0.1) is 11.8 Å². The first-order chi connectivity index (χ1) is 8.99. The van der Waals surface area contributed by atoms with E-state index in [4.69, 9.17) is 0 Å². The van der Waals surface area contributed by atoms with Crippen LogP contribution in [-0.2, 0) is 10.0 Å². The molecule has 1 unspecified atom stereocenters. The summed E-state index contributed by atoms with van der Waals surface area (Å²) in [5.74, 6) is 1.43. The molecule has 2 rings (SSSR count). The Labute approximate surface area is 126 Å². The normalized spacial score (nSPS) is 26.4. The highest BCUT2D eigenvalue weighted by Gasteiger charge is 2.31. The van der Waals surface area contributed by atoms with Crippen LogP contribution in [0.2, 0.25) is 0 Å². The van der Waals surface area contributed by atoms with Crippen molar-refractivity contribution in [2.45, 2.75) is 56.7 Å². The molecule has 2 aliphatic rings. The Hall–Kier alpha value is 0.390. The molecule has 112 valence electrons. The van der Waals surface area contributed by atoms with Crippen molar-refractivity contribution in [3.8, 4) is 0 Å². The summed E-state index contributed by atoms with van der Waals surface area (Å²) in [4.78, 5) is 0.496. The molecule has 0 radical (unpaired) electrons. The SMILES string of the molecule is CC(Br)C1CCN(S(=O)(=O)CC2CCCCC2)CC1. The molecule has 1 atom stereocenters. The molecule has 0 bridgehead atoms. The minimum absolute atomic E-state index is 0.390. The van der Waals surface area contributed by atoms with E-state index in [1.807, 2.05) is 0 Å². The Morgan fingerprint density at radius 1 is 1.11 bits per heavy atom. The topological polar surface area (TPSA) is 37.4 Å². The molecule has 2 fully saturated rings. The predicted octanol–water partition coefficient (Wildman–Crippen LogP) is 3.39. The first-order valence-electron chi connectivity index (χ1n) is 7.61. The number of rotatable bonds is 4. The molecule has 0 aromatic carbocycles. The average molecular weight is 352 g/mol. The third-order valence-corrected chi connectivity index (χ3v) is 7.50. The fourth-order valence-corrected chi connectivity index (χ4v) is 5.81. The molecular formula is C14H26BrNO2S. The first kappa shape index (κ1) is 15.8.